The van der Waals surface area contributed by atoms with Crippen LogP contribution >= 0.6 is 34.8 Å². The zero-order valence-electron chi connectivity index (χ0n) is 31.7. The Hall–Kier alpha value is -2.53. The van der Waals surface area contributed by atoms with E-state index < -0.39 is 8.07 Å². The van der Waals surface area contributed by atoms with E-state index in [2.05, 4.69) is 157 Å². The van der Waals surface area contributed by atoms with Crippen molar-refractivity contribution in [1.29, 1.82) is 0 Å². The number of benzene rings is 6. The van der Waals surface area contributed by atoms with Crippen LogP contribution in [0.3, 0.4) is 0 Å². The van der Waals surface area contributed by atoms with Gasteiger partial charge in [0.05, 0.1) is 0 Å². The van der Waals surface area contributed by atoms with E-state index in [9.17, 15) is 0 Å². The molecule has 1 unspecified atom stereocenters. The summed E-state index contributed by atoms with van der Waals surface area (Å²) in [5.41, 5.74) is 11.9. The first-order chi connectivity index (χ1) is 25.5. The summed E-state index contributed by atoms with van der Waals surface area (Å²) in [4.78, 5) is 0. The van der Waals surface area contributed by atoms with E-state index >= 15 is 0 Å². The third-order valence-electron chi connectivity index (χ3n) is 11.5. The van der Waals surface area contributed by atoms with Crippen molar-refractivity contribution < 1.29 is 57.7 Å². The molecule has 0 saturated heterocycles. The van der Waals surface area contributed by atoms with Gasteiger partial charge in [0, 0.05) is 0 Å². The average molecular weight is 908 g/mol. The van der Waals surface area contributed by atoms with Gasteiger partial charge in [0.25, 0.3) is 0 Å². The van der Waals surface area contributed by atoms with Gasteiger partial charge in [-0.15, -0.1) is 0 Å². The van der Waals surface area contributed by atoms with Gasteiger partial charge in [-0.2, -0.15) is 0 Å². The summed E-state index contributed by atoms with van der Waals surface area (Å²) >= 11 is 21.3. The van der Waals surface area contributed by atoms with E-state index in [1.807, 2.05) is 36.4 Å². The van der Waals surface area contributed by atoms with Crippen LogP contribution < -0.4 is 52.8 Å². The Morgan fingerprint density at radius 3 is 1.02 bits per heavy atom. The van der Waals surface area contributed by atoms with Gasteiger partial charge >= 0.3 is 346 Å². The zero-order valence-corrected chi connectivity index (χ0v) is 38.8. The minimum Gasteiger partial charge on any atom is -1.00 e. The zero-order chi connectivity index (χ0) is 37.3. The molecule has 0 fully saturated rings. The molecule has 284 valence electrons. The summed E-state index contributed by atoms with van der Waals surface area (Å²) in [6, 6.07) is 53.3. The molecule has 6 aromatic rings. The van der Waals surface area contributed by atoms with Crippen molar-refractivity contribution >= 4 is 58.4 Å². The maximum absolute atomic E-state index is 6.30. The van der Waals surface area contributed by atoms with E-state index in [0.29, 0.717) is 0 Å². The molecule has 0 bridgehead atoms. The van der Waals surface area contributed by atoms with Crippen molar-refractivity contribution in [2.24, 2.45) is 0 Å². The molecule has 0 aromatic heterocycles. The molecule has 6 aromatic carbocycles. The standard InChI is InChI=1S/C48H42Cl3Si.3ClH.Ti/c1-33-32-48(4,35(3)34(33)2)52(45-11-5-8-39(29-45)26-36-14-20-42(49)21-15-36,46-12-6-9-40(30-46)27-37-16-22-43(50)23-17-37)47-13-7-10-41(31-47)28-38-18-24-44(51)25-19-38;;;;/h5-25,29-31H,26-28H2,1-4H3;3*1H;/q;;;;+3/p-3. The third-order valence-corrected chi connectivity index (χ3v) is 19.7. The summed E-state index contributed by atoms with van der Waals surface area (Å²) in [7, 11) is -2.98. The van der Waals surface area contributed by atoms with Gasteiger partial charge in [0.15, 0.2) is 0 Å². The van der Waals surface area contributed by atoms with Gasteiger partial charge in [-0.25, -0.2) is 0 Å². The summed E-state index contributed by atoms with van der Waals surface area (Å²) < 4.78 is 1.47. The molecule has 0 spiro atoms. The van der Waals surface area contributed by atoms with Crippen molar-refractivity contribution in [2.75, 3.05) is 0 Å². The van der Waals surface area contributed by atoms with Crippen LogP contribution in [-0.4, -0.2) is 8.07 Å². The monoisotopic (exact) mass is 904 g/mol. The Labute approximate surface area is 379 Å². The quantitative estimate of drug-likeness (QED) is 0.147. The Morgan fingerprint density at radius 1 is 0.446 bits per heavy atom. The first-order valence-electron chi connectivity index (χ1n) is 18.1. The predicted octanol–water partition coefficient (Wildman–Crippen LogP) is 2.83. The second-order valence-corrected chi connectivity index (χ2v) is 21.0. The topological polar surface area (TPSA) is 0 Å². The maximum atomic E-state index is 6.30. The van der Waals surface area contributed by atoms with E-state index in [-0.39, 0.29) is 42.3 Å². The number of hydrogen-bond acceptors (Lipinski definition) is 0. The van der Waals surface area contributed by atoms with Gasteiger partial charge in [0.1, 0.15) is 0 Å². The number of hydrogen-bond donors (Lipinski definition) is 0. The molecule has 1 aliphatic carbocycles. The number of rotatable bonds is 10. The van der Waals surface area contributed by atoms with E-state index in [1.54, 1.807) is 0 Å². The molecule has 0 nitrogen and oxygen atoms in total. The predicted molar refractivity (Wildman–Crippen MR) is 226 cm³/mol. The molecule has 0 N–H and O–H groups in total. The Bertz CT molecular complexity index is 2110. The van der Waals surface area contributed by atoms with Gasteiger partial charge in [-0.3, -0.25) is 0 Å². The fourth-order valence-corrected chi connectivity index (χ4v) is 16.6. The first-order valence-corrected chi connectivity index (χ1v) is 22.0. The molecule has 0 radical (unpaired) electrons. The van der Waals surface area contributed by atoms with Crippen LogP contribution in [0, 0.1) is 0 Å². The van der Waals surface area contributed by atoms with Crippen LogP contribution in [0.25, 0.3) is 0 Å². The Balaban J connectivity index is 0.00000232. The van der Waals surface area contributed by atoms with Crippen LogP contribution in [0.2, 0.25) is 20.1 Å². The Kier molecular flexibility index (Phi) is 16.1. The molecule has 0 amide bonds. The second kappa shape index (κ2) is 19.5. The molecule has 1 aliphatic rings. The van der Waals surface area contributed by atoms with Crippen LogP contribution in [0.4, 0.5) is 0 Å². The molecule has 1 atom stereocenters. The Morgan fingerprint density at radius 2 is 0.750 bits per heavy atom. The van der Waals surface area contributed by atoms with Crippen LogP contribution in [-0.2, 0) is 39.7 Å². The molecule has 0 aliphatic heterocycles. The largest absolute Gasteiger partial charge is 1.00 e. The normalized spacial score (nSPS) is 15.2. The smallest absolute Gasteiger partial charge is 1.00 e. The van der Waals surface area contributed by atoms with E-state index in [1.165, 1.54) is 69.5 Å². The third kappa shape index (κ3) is 9.03. The molecule has 7 rings (SSSR count). The minimum atomic E-state index is -2.98. The minimum absolute atomic E-state index is 0. The van der Waals surface area contributed by atoms with E-state index in [0.717, 1.165) is 34.3 Å². The SMILES string of the molecule is CC1=C(C)C(C)([Si](c2cccc(Cc3ccc(Cl)cc3)c2)(c2cccc(Cc3ccc(Cl)cc3)c2)c2cccc(Cc3ccc(Cl)cc3)c2)[C]([Ti+3])=C1C.[Cl-].[Cl-].[Cl-]. The average Bonchev–Trinajstić information content (AvgIpc) is 3.31. The molecular formula is C48H42Cl6SiTi. The van der Waals surface area contributed by atoms with Gasteiger partial charge in [-0.05, 0) is 0 Å². The van der Waals surface area contributed by atoms with Crippen molar-refractivity contribution in [3.63, 3.8) is 0 Å². The summed E-state index contributed by atoms with van der Waals surface area (Å²) in [5.74, 6) is 0. The summed E-state index contributed by atoms with van der Waals surface area (Å²) in [6.07, 6.45) is 2.50. The molecule has 0 heterocycles. The number of allylic oxidation sites excluding steroid dienone is 4. The molecule has 8 heteroatoms. The maximum Gasteiger partial charge on any atom is -1.00 e. The van der Waals surface area contributed by atoms with Crippen LogP contribution in [0.5, 0.6) is 0 Å². The van der Waals surface area contributed by atoms with Crippen molar-refractivity contribution in [1.82, 2.24) is 0 Å². The van der Waals surface area contributed by atoms with Gasteiger partial charge in [0.2, 0.25) is 0 Å². The molecule has 0 saturated carbocycles. The van der Waals surface area contributed by atoms with Crippen LogP contribution in [0.1, 0.15) is 61.1 Å². The second-order valence-electron chi connectivity index (χ2n) is 14.6. The molecule has 56 heavy (non-hydrogen) atoms. The van der Waals surface area contributed by atoms with Gasteiger partial charge in [-0.1, -0.05) is 0 Å². The summed E-state index contributed by atoms with van der Waals surface area (Å²) in [6.45, 7) is 9.59. The number of halogens is 6. The van der Waals surface area contributed by atoms with Crippen LogP contribution in [0.15, 0.2) is 166 Å². The summed E-state index contributed by atoms with van der Waals surface area (Å²) in [5, 5.41) is 6.29. The fraction of sp³-hybridized carbons (Fsp3) is 0.167. The van der Waals surface area contributed by atoms with Crippen molar-refractivity contribution in [3.8, 4) is 0 Å². The van der Waals surface area contributed by atoms with Gasteiger partial charge < -0.3 is 37.2 Å². The van der Waals surface area contributed by atoms with Crippen molar-refractivity contribution in [3.05, 3.63) is 215 Å². The van der Waals surface area contributed by atoms with Crippen molar-refractivity contribution in [2.45, 2.75) is 52.0 Å². The molecular weight excluding hydrogens is 865 g/mol. The van der Waals surface area contributed by atoms with E-state index in [4.69, 9.17) is 34.8 Å². The fourth-order valence-electron chi connectivity index (χ4n) is 8.50. The first kappa shape index (κ1) is 46.2.